The summed E-state index contributed by atoms with van der Waals surface area (Å²) in [6.07, 6.45) is 1.35. The Morgan fingerprint density at radius 3 is 3.14 bits per heavy atom. The van der Waals surface area contributed by atoms with Crippen LogP contribution in [-0.4, -0.2) is 40.9 Å². The fourth-order valence-corrected chi connectivity index (χ4v) is 0.999. The molecule has 0 radical (unpaired) electrons. The number of likely N-dealkylation sites (N-methyl/N-ethyl adjacent to an activating group) is 1. The zero-order valence-electron chi connectivity index (χ0n) is 8.36. The first-order valence-electron chi connectivity index (χ1n) is 4.49. The normalized spacial score (nSPS) is 10.1. The number of carbonyl (C=O) groups excluding carboxylic acids is 1. The van der Waals surface area contributed by atoms with E-state index < -0.39 is 5.97 Å². The molecule has 0 aliphatic rings. The monoisotopic (exact) mass is 198 g/mol. The van der Waals surface area contributed by atoms with Crippen molar-refractivity contribution in [3.63, 3.8) is 0 Å². The van der Waals surface area contributed by atoms with Gasteiger partial charge >= 0.3 is 5.97 Å². The summed E-state index contributed by atoms with van der Waals surface area (Å²) in [5.41, 5.74) is 0. The second-order valence-electron chi connectivity index (χ2n) is 2.63. The van der Waals surface area contributed by atoms with E-state index in [4.69, 9.17) is 4.74 Å². The lowest BCUT2D eigenvalue weighted by molar-refractivity contribution is 0.0504. The van der Waals surface area contributed by atoms with Crippen molar-refractivity contribution in [1.29, 1.82) is 0 Å². The van der Waals surface area contributed by atoms with Gasteiger partial charge in [-0.1, -0.05) is 0 Å². The molecule has 0 saturated carbocycles. The van der Waals surface area contributed by atoms with Crippen LogP contribution < -0.4 is 5.32 Å². The Labute approximate surface area is 82.3 Å². The molecule has 0 spiro atoms. The number of esters is 1. The van der Waals surface area contributed by atoms with Crippen LogP contribution in [0.1, 0.15) is 17.5 Å². The van der Waals surface area contributed by atoms with Crippen LogP contribution >= 0.6 is 0 Å². The third-order valence-corrected chi connectivity index (χ3v) is 1.65. The van der Waals surface area contributed by atoms with Crippen molar-refractivity contribution in [1.82, 2.24) is 20.1 Å². The quantitative estimate of drug-likeness (QED) is 0.656. The third-order valence-electron chi connectivity index (χ3n) is 1.65. The lowest BCUT2D eigenvalue weighted by Crippen LogP contribution is -2.20. The molecule has 0 bridgehead atoms. The molecule has 1 N–H and O–H groups in total. The van der Waals surface area contributed by atoms with Crippen molar-refractivity contribution in [3.05, 3.63) is 12.2 Å². The second kappa shape index (κ2) is 5.33. The van der Waals surface area contributed by atoms with Gasteiger partial charge in [0, 0.05) is 6.54 Å². The molecule has 1 aromatic rings. The number of hydrogen-bond acceptors (Lipinski definition) is 5. The average molecular weight is 198 g/mol. The molecule has 0 atom stereocenters. The zero-order chi connectivity index (χ0) is 10.4. The van der Waals surface area contributed by atoms with Gasteiger partial charge < -0.3 is 10.1 Å². The highest BCUT2D eigenvalue weighted by molar-refractivity contribution is 5.85. The molecule has 0 fully saturated rings. The summed E-state index contributed by atoms with van der Waals surface area (Å²) in [6.45, 7) is 3.43. The largest absolute Gasteiger partial charge is 0.460 e. The molecule has 1 aromatic heterocycles. The molecule has 0 aromatic carbocycles. The molecule has 0 aliphatic heterocycles. The van der Waals surface area contributed by atoms with Crippen molar-refractivity contribution in [2.45, 2.75) is 13.5 Å². The first-order valence-corrected chi connectivity index (χ1v) is 4.49. The van der Waals surface area contributed by atoms with Gasteiger partial charge in [0.25, 0.3) is 0 Å². The van der Waals surface area contributed by atoms with Gasteiger partial charge in [-0.3, -0.25) is 0 Å². The first-order chi connectivity index (χ1) is 6.79. The minimum absolute atomic E-state index is 0.252. The molecule has 14 heavy (non-hydrogen) atoms. The van der Waals surface area contributed by atoms with E-state index in [0.29, 0.717) is 13.2 Å². The summed E-state index contributed by atoms with van der Waals surface area (Å²) in [6, 6.07) is 0. The molecule has 0 saturated heterocycles. The van der Waals surface area contributed by atoms with Crippen LogP contribution in [0.5, 0.6) is 0 Å². The van der Waals surface area contributed by atoms with Crippen molar-refractivity contribution in [2.24, 2.45) is 0 Å². The van der Waals surface area contributed by atoms with E-state index >= 15 is 0 Å². The summed E-state index contributed by atoms with van der Waals surface area (Å²) >= 11 is 0. The highest BCUT2D eigenvalue weighted by Crippen LogP contribution is 1.96. The summed E-state index contributed by atoms with van der Waals surface area (Å²) < 4.78 is 6.35. The van der Waals surface area contributed by atoms with Crippen molar-refractivity contribution < 1.29 is 9.53 Å². The van der Waals surface area contributed by atoms with Gasteiger partial charge in [0.15, 0.2) is 0 Å². The Kier molecular flexibility index (Phi) is 4.06. The molecule has 0 amide bonds. The summed E-state index contributed by atoms with van der Waals surface area (Å²) in [7, 11) is 1.83. The van der Waals surface area contributed by atoms with Crippen LogP contribution in [0.15, 0.2) is 6.33 Å². The van der Waals surface area contributed by atoms with Gasteiger partial charge in [-0.05, 0) is 14.0 Å². The molecule has 1 rings (SSSR count). The Morgan fingerprint density at radius 1 is 1.71 bits per heavy atom. The molecule has 78 valence electrons. The number of hydrogen-bond donors (Lipinski definition) is 1. The van der Waals surface area contributed by atoms with E-state index in [-0.39, 0.29) is 5.82 Å². The number of nitrogens with one attached hydrogen (secondary N) is 1. The predicted molar refractivity (Wildman–Crippen MR) is 49.9 cm³/mol. The molecule has 0 aliphatic carbocycles. The lowest BCUT2D eigenvalue weighted by atomic mass is 10.5. The molecule has 6 nitrogen and oxygen atoms in total. The number of aromatic nitrogens is 3. The molecular weight excluding hydrogens is 184 g/mol. The predicted octanol–water partition coefficient (Wildman–Crippen LogP) is -0.326. The summed E-state index contributed by atoms with van der Waals surface area (Å²) in [4.78, 5) is 15.2. The Hall–Kier alpha value is -1.43. The van der Waals surface area contributed by atoms with Gasteiger partial charge in [0.1, 0.15) is 6.33 Å². The minimum atomic E-state index is -0.430. The van der Waals surface area contributed by atoms with E-state index in [2.05, 4.69) is 15.4 Å². The van der Waals surface area contributed by atoms with Gasteiger partial charge in [-0.15, -0.1) is 0 Å². The lowest BCUT2D eigenvalue weighted by Gasteiger charge is -2.04. The number of nitrogens with zero attached hydrogens (tertiary/aromatic N) is 3. The minimum Gasteiger partial charge on any atom is -0.460 e. The number of rotatable bonds is 5. The van der Waals surface area contributed by atoms with E-state index in [1.165, 1.54) is 11.0 Å². The maximum Gasteiger partial charge on any atom is 0.376 e. The van der Waals surface area contributed by atoms with Gasteiger partial charge in [0.05, 0.1) is 13.2 Å². The van der Waals surface area contributed by atoms with Gasteiger partial charge in [0.2, 0.25) is 5.82 Å². The summed E-state index contributed by atoms with van der Waals surface area (Å²) in [5.74, 6) is -0.178. The molecular formula is C8H14N4O2. The zero-order valence-corrected chi connectivity index (χ0v) is 8.36. The first kappa shape index (κ1) is 10.6. The Bertz CT molecular complexity index is 297. The van der Waals surface area contributed by atoms with Crippen LogP contribution in [-0.2, 0) is 11.3 Å². The van der Waals surface area contributed by atoms with Crippen LogP contribution in [0.2, 0.25) is 0 Å². The van der Waals surface area contributed by atoms with Gasteiger partial charge in [-0.2, -0.15) is 5.10 Å². The fraction of sp³-hybridized carbons (Fsp3) is 0.625. The molecule has 1 heterocycles. The van der Waals surface area contributed by atoms with Crippen LogP contribution in [0.3, 0.4) is 0 Å². The van der Waals surface area contributed by atoms with E-state index in [0.717, 1.165) is 6.54 Å². The highest BCUT2D eigenvalue weighted by Gasteiger charge is 2.14. The Balaban J connectivity index is 2.66. The Morgan fingerprint density at radius 2 is 2.50 bits per heavy atom. The van der Waals surface area contributed by atoms with Crippen molar-refractivity contribution in [3.8, 4) is 0 Å². The standard InChI is InChI=1S/C8H14N4O2/c1-3-14-8(13)7-10-6-11-12(7)5-4-9-2/h6,9H,3-5H2,1-2H3. The average Bonchev–Trinajstić information content (AvgIpc) is 2.63. The second-order valence-corrected chi connectivity index (χ2v) is 2.63. The number of ether oxygens (including phenoxy) is 1. The fourth-order valence-electron chi connectivity index (χ4n) is 0.999. The van der Waals surface area contributed by atoms with Crippen LogP contribution in [0.4, 0.5) is 0 Å². The maximum absolute atomic E-state index is 11.3. The van der Waals surface area contributed by atoms with Crippen LogP contribution in [0, 0.1) is 0 Å². The van der Waals surface area contributed by atoms with Gasteiger partial charge in [-0.25, -0.2) is 14.5 Å². The number of carbonyl (C=O) groups is 1. The molecule has 0 unspecified atom stereocenters. The highest BCUT2D eigenvalue weighted by atomic mass is 16.5. The van der Waals surface area contributed by atoms with E-state index in [1.54, 1.807) is 6.92 Å². The van der Waals surface area contributed by atoms with E-state index in [1.807, 2.05) is 7.05 Å². The third kappa shape index (κ3) is 2.53. The smallest absolute Gasteiger partial charge is 0.376 e. The van der Waals surface area contributed by atoms with Crippen molar-refractivity contribution >= 4 is 5.97 Å². The SMILES string of the molecule is CCOC(=O)c1ncnn1CCNC. The molecule has 6 heteroatoms. The summed E-state index contributed by atoms with van der Waals surface area (Å²) in [5, 5.41) is 6.89. The maximum atomic E-state index is 11.3. The van der Waals surface area contributed by atoms with E-state index in [9.17, 15) is 4.79 Å². The topological polar surface area (TPSA) is 69.0 Å². The van der Waals surface area contributed by atoms with Crippen LogP contribution in [0.25, 0.3) is 0 Å². The van der Waals surface area contributed by atoms with Crippen molar-refractivity contribution in [2.75, 3.05) is 20.2 Å².